The van der Waals surface area contributed by atoms with Crippen molar-refractivity contribution in [3.05, 3.63) is 11.8 Å². The Morgan fingerprint density at radius 1 is 1.91 bits per heavy atom. The van der Waals surface area contributed by atoms with Gasteiger partial charge in [0, 0.05) is 6.92 Å². The third kappa shape index (κ3) is 1.05. The molecule has 0 atom stereocenters. The van der Waals surface area contributed by atoms with E-state index in [1.165, 1.54) is 13.1 Å². The van der Waals surface area contributed by atoms with Crippen LogP contribution in [0, 0.1) is 11.3 Å². The number of hydrogen-bond donors (Lipinski definition) is 1. The minimum Gasteiger partial charge on any atom is -0.382 e. The topological polar surface area (TPSA) is 84.7 Å². The maximum atomic E-state index is 10.7. The zero-order valence-corrected chi connectivity index (χ0v) is 5.90. The van der Waals surface area contributed by atoms with Crippen molar-refractivity contribution < 1.29 is 4.79 Å². The van der Waals surface area contributed by atoms with Gasteiger partial charge in [-0.15, -0.1) is 0 Å². The number of aromatic nitrogens is 2. The van der Waals surface area contributed by atoms with E-state index in [9.17, 15) is 4.79 Å². The average molecular weight is 150 g/mol. The minimum absolute atomic E-state index is 0.0972. The summed E-state index contributed by atoms with van der Waals surface area (Å²) in [5.74, 6) is -0.205. The van der Waals surface area contributed by atoms with Gasteiger partial charge in [0.1, 0.15) is 17.5 Å². The highest BCUT2D eigenvalue weighted by Gasteiger charge is 2.08. The predicted molar refractivity (Wildman–Crippen MR) is 37.7 cm³/mol. The van der Waals surface area contributed by atoms with E-state index >= 15 is 0 Å². The summed E-state index contributed by atoms with van der Waals surface area (Å²) in [4.78, 5) is 10.7. The van der Waals surface area contributed by atoms with E-state index in [4.69, 9.17) is 11.0 Å². The fourth-order valence-corrected chi connectivity index (χ4v) is 0.695. The van der Waals surface area contributed by atoms with Crippen LogP contribution in [0.3, 0.4) is 0 Å². The smallest absolute Gasteiger partial charge is 0.245 e. The van der Waals surface area contributed by atoms with Crippen LogP contribution in [0.4, 0.5) is 5.82 Å². The Balaban J connectivity index is 3.24. The summed E-state index contributed by atoms with van der Waals surface area (Å²) in [6, 6.07) is 1.81. The van der Waals surface area contributed by atoms with E-state index in [2.05, 4.69) is 5.10 Å². The van der Waals surface area contributed by atoms with E-state index in [0.717, 1.165) is 4.68 Å². The summed E-state index contributed by atoms with van der Waals surface area (Å²) in [6.07, 6.45) is 1.26. The number of nitrogen functional groups attached to an aromatic ring is 1. The third-order valence-electron chi connectivity index (χ3n) is 1.23. The van der Waals surface area contributed by atoms with Gasteiger partial charge in [-0.2, -0.15) is 15.0 Å². The van der Waals surface area contributed by atoms with Crippen molar-refractivity contribution in [1.29, 1.82) is 5.26 Å². The van der Waals surface area contributed by atoms with Crippen LogP contribution >= 0.6 is 0 Å². The maximum Gasteiger partial charge on any atom is 0.245 e. The molecule has 0 fully saturated rings. The Morgan fingerprint density at radius 2 is 2.55 bits per heavy atom. The van der Waals surface area contributed by atoms with Crippen LogP contribution in [0.2, 0.25) is 0 Å². The first-order valence-corrected chi connectivity index (χ1v) is 2.91. The number of rotatable bonds is 0. The van der Waals surface area contributed by atoms with Crippen molar-refractivity contribution in [2.24, 2.45) is 0 Å². The number of nitrogens with zero attached hydrogens (tertiary/aromatic N) is 3. The van der Waals surface area contributed by atoms with Gasteiger partial charge in [0.25, 0.3) is 0 Å². The maximum absolute atomic E-state index is 10.7. The summed E-state index contributed by atoms with van der Waals surface area (Å²) in [7, 11) is 0. The second-order valence-electron chi connectivity index (χ2n) is 1.99. The molecule has 0 saturated heterocycles. The first-order valence-electron chi connectivity index (χ1n) is 2.91. The van der Waals surface area contributed by atoms with E-state index in [1.807, 2.05) is 6.07 Å². The Kier molecular flexibility index (Phi) is 1.60. The Labute approximate surface area is 63.0 Å². The lowest BCUT2D eigenvalue weighted by molar-refractivity contribution is 0.0924. The predicted octanol–water partition coefficient (Wildman–Crippen LogP) is -0.00292. The third-order valence-corrected chi connectivity index (χ3v) is 1.23. The number of hydrogen-bond acceptors (Lipinski definition) is 4. The second kappa shape index (κ2) is 2.42. The average Bonchev–Trinajstić information content (AvgIpc) is 2.30. The van der Waals surface area contributed by atoms with Crippen LogP contribution in [0.1, 0.15) is 17.3 Å². The fourth-order valence-electron chi connectivity index (χ4n) is 0.695. The molecule has 0 aliphatic heterocycles. The van der Waals surface area contributed by atoms with Crippen molar-refractivity contribution in [1.82, 2.24) is 9.78 Å². The van der Waals surface area contributed by atoms with Gasteiger partial charge < -0.3 is 5.73 Å². The van der Waals surface area contributed by atoms with Gasteiger partial charge in [-0.05, 0) is 0 Å². The van der Waals surface area contributed by atoms with Crippen LogP contribution in [0.25, 0.3) is 0 Å². The minimum atomic E-state index is -0.302. The molecule has 0 spiro atoms. The quantitative estimate of drug-likeness (QED) is 0.564. The first-order chi connectivity index (χ1) is 5.16. The van der Waals surface area contributed by atoms with Gasteiger partial charge in [-0.25, -0.2) is 0 Å². The molecule has 0 aliphatic rings. The number of nitriles is 1. The Morgan fingerprint density at radius 3 is 2.82 bits per heavy atom. The number of nitrogens with two attached hydrogens (primary N) is 1. The molecule has 0 amide bonds. The molecule has 0 radical (unpaired) electrons. The summed E-state index contributed by atoms with van der Waals surface area (Å²) >= 11 is 0. The Bertz CT molecular complexity index is 333. The molecule has 1 rings (SSSR count). The monoisotopic (exact) mass is 150 g/mol. The van der Waals surface area contributed by atoms with Crippen molar-refractivity contribution >= 4 is 11.7 Å². The Hall–Kier alpha value is -1.83. The highest BCUT2D eigenvalue weighted by Crippen LogP contribution is 2.07. The van der Waals surface area contributed by atoms with Crippen molar-refractivity contribution in [2.75, 3.05) is 5.73 Å². The lowest BCUT2D eigenvalue weighted by Gasteiger charge is -1.94. The summed E-state index contributed by atoms with van der Waals surface area (Å²) in [6.45, 7) is 1.32. The van der Waals surface area contributed by atoms with Crippen molar-refractivity contribution in [2.45, 2.75) is 6.92 Å². The van der Waals surface area contributed by atoms with E-state index in [0.29, 0.717) is 0 Å². The van der Waals surface area contributed by atoms with Gasteiger partial charge in [-0.3, -0.25) is 4.79 Å². The molecule has 2 N–H and O–H groups in total. The highest BCUT2D eigenvalue weighted by molar-refractivity contribution is 5.79. The molecule has 5 nitrogen and oxygen atoms in total. The molecular formula is C6H6N4O. The van der Waals surface area contributed by atoms with Crippen LogP contribution in [0.5, 0.6) is 0 Å². The van der Waals surface area contributed by atoms with Gasteiger partial charge in [0.05, 0.1) is 6.20 Å². The molecule has 0 aromatic carbocycles. The molecule has 1 aromatic rings. The van der Waals surface area contributed by atoms with Gasteiger partial charge in [0.2, 0.25) is 5.91 Å². The summed E-state index contributed by atoms with van der Waals surface area (Å²) in [5, 5.41) is 12.0. The fraction of sp³-hybridized carbons (Fsp3) is 0.167. The molecule has 56 valence electrons. The van der Waals surface area contributed by atoms with Gasteiger partial charge >= 0.3 is 0 Å². The molecule has 0 saturated carbocycles. The molecule has 1 aromatic heterocycles. The van der Waals surface area contributed by atoms with Crippen molar-refractivity contribution in [3.8, 4) is 6.07 Å². The zero-order valence-electron chi connectivity index (χ0n) is 5.90. The molecular weight excluding hydrogens is 144 g/mol. The SMILES string of the molecule is CC(=O)n1ncc(C#N)c1N. The van der Waals surface area contributed by atoms with E-state index in [-0.39, 0.29) is 17.3 Å². The lowest BCUT2D eigenvalue weighted by Crippen LogP contribution is -2.10. The summed E-state index contributed by atoms with van der Waals surface area (Å²) < 4.78 is 0.985. The molecule has 0 aliphatic carbocycles. The number of carbonyl (C=O) groups is 1. The van der Waals surface area contributed by atoms with Crippen LogP contribution in [0.15, 0.2) is 6.20 Å². The zero-order chi connectivity index (χ0) is 8.43. The standard InChI is InChI=1S/C6H6N4O/c1-4(11)10-6(8)5(2-7)3-9-10/h3H,8H2,1H3. The molecule has 0 bridgehead atoms. The summed E-state index contributed by atoms with van der Waals surface area (Å²) in [5.41, 5.74) is 5.59. The van der Waals surface area contributed by atoms with E-state index in [1.54, 1.807) is 0 Å². The first kappa shape index (κ1) is 7.28. The van der Waals surface area contributed by atoms with Crippen molar-refractivity contribution in [3.63, 3.8) is 0 Å². The molecule has 0 unspecified atom stereocenters. The van der Waals surface area contributed by atoms with Crippen LogP contribution in [-0.2, 0) is 0 Å². The number of carbonyl (C=O) groups excluding carboxylic acids is 1. The van der Waals surface area contributed by atoms with E-state index < -0.39 is 0 Å². The molecule has 5 heteroatoms. The molecule has 11 heavy (non-hydrogen) atoms. The normalized spacial score (nSPS) is 9.09. The van der Waals surface area contributed by atoms with Gasteiger partial charge in [0.15, 0.2) is 0 Å². The second-order valence-corrected chi connectivity index (χ2v) is 1.99. The van der Waals surface area contributed by atoms with Crippen LogP contribution in [-0.4, -0.2) is 15.7 Å². The highest BCUT2D eigenvalue weighted by atomic mass is 16.2. The van der Waals surface area contributed by atoms with Gasteiger partial charge in [-0.1, -0.05) is 0 Å². The largest absolute Gasteiger partial charge is 0.382 e. The van der Waals surface area contributed by atoms with Crippen LogP contribution < -0.4 is 5.73 Å². The number of anilines is 1. The molecule has 1 heterocycles. The lowest BCUT2D eigenvalue weighted by atomic mass is 10.4.